The Kier molecular flexibility index (Phi) is 2.75. The SMILES string of the molecule is c1ccc2cc(NC3CCSC3)ccc2c1. The van der Waals surface area contributed by atoms with E-state index in [0.717, 1.165) is 0 Å². The van der Waals surface area contributed by atoms with Crippen molar-refractivity contribution in [2.24, 2.45) is 0 Å². The molecule has 0 saturated carbocycles. The first-order valence-corrected chi connectivity index (χ1v) is 6.90. The normalized spacial score (nSPS) is 20.1. The molecule has 1 nitrogen and oxygen atoms in total. The summed E-state index contributed by atoms with van der Waals surface area (Å²) in [6, 6.07) is 15.8. The summed E-state index contributed by atoms with van der Waals surface area (Å²) in [5.41, 5.74) is 1.26. The van der Waals surface area contributed by atoms with Crippen molar-refractivity contribution in [2.75, 3.05) is 16.8 Å². The van der Waals surface area contributed by atoms with Crippen LogP contribution >= 0.6 is 11.8 Å². The summed E-state index contributed by atoms with van der Waals surface area (Å²) in [4.78, 5) is 0. The second-order valence-corrected chi connectivity index (χ2v) is 5.42. The van der Waals surface area contributed by atoms with Crippen LogP contribution in [-0.2, 0) is 0 Å². The summed E-state index contributed by atoms with van der Waals surface area (Å²) in [6.45, 7) is 0. The Morgan fingerprint density at radius 3 is 2.75 bits per heavy atom. The predicted molar refractivity (Wildman–Crippen MR) is 73.3 cm³/mol. The zero-order chi connectivity index (χ0) is 10.8. The van der Waals surface area contributed by atoms with Crippen LogP contribution in [0.2, 0.25) is 0 Å². The summed E-state index contributed by atoms with van der Waals surface area (Å²) in [6.07, 6.45) is 1.29. The molecule has 2 aromatic rings. The third-order valence-corrected chi connectivity index (χ3v) is 4.21. The van der Waals surface area contributed by atoms with Gasteiger partial charge in [-0.05, 0) is 35.1 Å². The minimum atomic E-state index is 0.658. The first-order valence-electron chi connectivity index (χ1n) is 5.75. The Morgan fingerprint density at radius 1 is 1.06 bits per heavy atom. The van der Waals surface area contributed by atoms with E-state index in [0.29, 0.717) is 6.04 Å². The average molecular weight is 229 g/mol. The summed E-state index contributed by atoms with van der Waals surface area (Å²) in [5.74, 6) is 2.54. The molecule has 1 atom stereocenters. The second kappa shape index (κ2) is 4.38. The van der Waals surface area contributed by atoms with Crippen LogP contribution in [0.25, 0.3) is 10.8 Å². The molecule has 2 heteroatoms. The molecule has 0 bridgehead atoms. The Hall–Kier alpha value is -1.15. The number of hydrogen-bond donors (Lipinski definition) is 1. The molecule has 1 aliphatic rings. The third-order valence-electron chi connectivity index (χ3n) is 3.05. The van der Waals surface area contributed by atoms with E-state index >= 15 is 0 Å². The molecule has 1 fully saturated rings. The fraction of sp³-hybridized carbons (Fsp3) is 0.286. The van der Waals surface area contributed by atoms with Gasteiger partial charge in [-0.25, -0.2) is 0 Å². The van der Waals surface area contributed by atoms with Crippen LogP contribution in [0.4, 0.5) is 5.69 Å². The van der Waals surface area contributed by atoms with Crippen molar-refractivity contribution in [2.45, 2.75) is 12.5 Å². The molecule has 3 rings (SSSR count). The molecule has 1 unspecified atom stereocenters. The van der Waals surface area contributed by atoms with Gasteiger partial charge in [0.2, 0.25) is 0 Å². The highest BCUT2D eigenvalue weighted by atomic mass is 32.2. The number of benzene rings is 2. The Balaban J connectivity index is 1.86. The van der Waals surface area contributed by atoms with Crippen molar-refractivity contribution in [1.29, 1.82) is 0 Å². The number of nitrogens with one attached hydrogen (secondary N) is 1. The van der Waals surface area contributed by atoms with Gasteiger partial charge in [-0.3, -0.25) is 0 Å². The largest absolute Gasteiger partial charge is 0.381 e. The van der Waals surface area contributed by atoms with Gasteiger partial charge < -0.3 is 5.32 Å². The highest BCUT2D eigenvalue weighted by Gasteiger charge is 2.14. The summed E-state index contributed by atoms with van der Waals surface area (Å²) < 4.78 is 0. The monoisotopic (exact) mass is 229 g/mol. The molecular weight excluding hydrogens is 214 g/mol. The highest BCUT2D eigenvalue weighted by molar-refractivity contribution is 7.99. The standard InChI is InChI=1S/C14H15NS/c1-2-4-12-9-13(6-5-11(12)3-1)15-14-7-8-16-10-14/h1-6,9,14-15H,7-8,10H2. The summed E-state index contributed by atoms with van der Waals surface area (Å²) >= 11 is 2.04. The number of fused-ring (bicyclic) bond motifs is 1. The van der Waals surface area contributed by atoms with Crippen molar-refractivity contribution >= 4 is 28.2 Å². The fourth-order valence-electron chi connectivity index (χ4n) is 2.16. The molecule has 0 aliphatic carbocycles. The number of rotatable bonds is 2. The van der Waals surface area contributed by atoms with Crippen molar-refractivity contribution in [3.8, 4) is 0 Å². The molecule has 2 aromatic carbocycles. The molecule has 1 aliphatic heterocycles. The molecule has 82 valence electrons. The van der Waals surface area contributed by atoms with E-state index in [1.807, 2.05) is 11.8 Å². The average Bonchev–Trinajstić information content (AvgIpc) is 2.82. The number of hydrogen-bond acceptors (Lipinski definition) is 2. The number of thioether (sulfide) groups is 1. The van der Waals surface area contributed by atoms with Crippen LogP contribution in [0, 0.1) is 0 Å². The van der Waals surface area contributed by atoms with Gasteiger partial charge in [-0.2, -0.15) is 11.8 Å². The van der Waals surface area contributed by atoms with Crippen molar-refractivity contribution < 1.29 is 0 Å². The van der Waals surface area contributed by atoms with E-state index in [1.54, 1.807) is 0 Å². The van der Waals surface area contributed by atoms with Crippen LogP contribution in [0.5, 0.6) is 0 Å². The molecule has 1 heterocycles. The highest BCUT2D eigenvalue weighted by Crippen LogP contribution is 2.24. The molecule has 1 N–H and O–H groups in total. The van der Waals surface area contributed by atoms with Crippen LogP contribution in [0.1, 0.15) is 6.42 Å². The molecule has 1 saturated heterocycles. The molecular formula is C14H15NS. The van der Waals surface area contributed by atoms with Crippen molar-refractivity contribution in [3.63, 3.8) is 0 Å². The van der Waals surface area contributed by atoms with Gasteiger partial charge in [0.25, 0.3) is 0 Å². The first-order chi connectivity index (χ1) is 7.92. The quantitative estimate of drug-likeness (QED) is 0.841. The van der Waals surface area contributed by atoms with E-state index in [1.165, 1.54) is 34.4 Å². The lowest BCUT2D eigenvalue weighted by Crippen LogP contribution is -2.17. The van der Waals surface area contributed by atoms with Gasteiger partial charge in [0.1, 0.15) is 0 Å². The van der Waals surface area contributed by atoms with Crippen LogP contribution < -0.4 is 5.32 Å². The Bertz CT molecular complexity index is 489. The van der Waals surface area contributed by atoms with E-state index < -0.39 is 0 Å². The van der Waals surface area contributed by atoms with Crippen LogP contribution in [0.15, 0.2) is 42.5 Å². The second-order valence-electron chi connectivity index (χ2n) is 4.27. The lowest BCUT2D eigenvalue weighted by Gasteiger charge is -2.13. The topological polar surface area (TPSA) is 12.0 Å². The fourth-order valence-corrected chi connectivity index (χ4v) is 3.32. The zero-order valence-corrected chi connectivity index (χ0v) is 9.96. The van der Waals surface area contributed by atoms with Crippen molar-refractivity contribution in [1.82, 2.24) is 0 Å². The van der Waals surface area contributed by atoms with E-state index in [-0.39, 0.29) is 0 Å². The minimum absolute atomic E-state index is 0.658. The zero-order valence-electron chi connectivity index (χ0n) is 9.15. The maximum atomic E-state index is 3.61. The number of anilines is 1. The van der Waals surface area contributed by atoms with E-state index in [9.17, 15) is 0 Å². The first kappa shape index (κ1) is 10.0. The smallest absolute Gasteiger partial charge is 0.0359 e. The van der Waals surface area contributed by atoms with Gasteiger partial charge in [-0.1, -0.05) is 30.3 Å². The predicted octanol–water partition coefficient (Wildman–Crippen LogP) is 3.76. The van der Waals surface area contributed by atoms with Gasteiger partial charge in [0.15, 0.2) is 0 Å². The summed E-state index contributed by atoms with van der Waals surface area (Å²) in [7, 11) is 0. The maximum Gasteiger partial charge on any atom is 0.0359 e. The lowest BCUT2D eigenvalue weighted by molar-refractivity contribution is 0.813. The van der Waals surface area contributed by atoms with Gasteiger partial charge >= 0.3 is 0 Å². The molecule has 0 amide bonds. The van der Waals surface area contributed by atoms with Crippen LogP contribution in [-0.4, -0.2) is 17.5 Å². The maximum absolute atomic E-state index is 3.61. The van der Waals surface area contributed by atoms with Crippen molar-refractivity contribution in [3.05, 3.63) is 42.5 Å². The molecule has 0 spiro atoms. The minimum Gasteiger partial charge on any atom is -0.381 e. The van der Waals surface area contributed by atoms with Crippen LogP contribution in [0.3, 0.4) is 0 Å². The lowest BCUT2D eigenvalue weighted by atomic mass is 10.1. The van der Waals surface area contributed by atoms with E-state index in [4.69, 9.17) is 0 Å². The molecule has 0 aromatic heterocycles. The Labute approximate surface area is 100 Å². The molecule has 0 radical (unpaired) electrons. The Morgan fingerprint density at radius 2 is 1.94 bits per heavy atom. The molecule has 16 heavy (non-hydrogen) atoms. The van der Waals surface area contributed by atoms with Gasteiger partial charge in [0.05, 0.1) is 0 Å². The third kappa shape index (κ3) is 2.03. The van der Waals surface area contributed by atoms with Gasteiger partial charge in [-0.15, -0.1) is 0 Å². The van der Waals surface area contributed by atoms with E-state index in [2.05, 4.69) is 47.8 Å². The summed E-state index contributed by atoms with van der Waals surface area (Å²) in [5, 5.41) is 6.24. The van der Waals surface area contributed by atoms with Gasteiger partial charge in [0, 0.05) is 17.5 Å².